The van der Waals surface area contributed by atoms with Crippen molar-refractivity contribution in [1.29, 1.82) is 0 Å². The fraction of sp³-hybridized carbons (Fsp3) is 0.857. The number of nitrogens with one attached hydrogen (secondary N) is 1. The zero-order valence-electron chi connectivity index (χ0n) is 35.8. The van der Waals surface area contributed by atoms with Crippen molar-refractivity contribution in [2.24, 2.45) is 0 Å². The van der Waals surface area contributed by atoms with Crippen molar-refractivity contribution in [1.82, 2.24) is 5.32 Å². The summed E-state index contributed by atoms with van der Waals surface area (Å²) in [6.45, 7) is 4.29. The Bertz CT molecular complexity index is 806. The van der Waals surface area contributed by atoms with E-state index >= 15 is 0 Å². The minimum atomic E-state index is -0.866. The normalized spacial score (nSPS) is 13.2. The Morgan fingerprint density at radius 1 is 0.434 bits per heavy atom. The van der Waals surface area contributed by atoms with Crippen molar-refractivity contribution in [3.63, 3.8) is 0 Å². The first kappa shape index (κ1) is 51.6. The largest absolute Gasteiger partial charge is 0.394 e. The molecular weight excluding hydrogens is 651 g/mol. The molecule has 0 fully saturated rings. The molecule has 0 spiro atoms. The van der Waals surface area contributed by atoms with E-state index in [1.54, 1.807) is 6.08 Å². The van der Waals surface area contributed by atoms with Gasteiger partial charge in [0.1, 0.15) is 0 Å². The van der Waals surface area contributed by atoms with E-state index < -0.39 is 12.1 Å². The van der Waals surface area contributed by atoms with Crippen LogP contribution in [0.4, 0.5) is 0 Å². The molecule has 53 heavy (non-hydrogen) atoms. The summed E-state index contributed by atoms with van der Waals surface area (Å²) in [4.78, 5) is 12.3. The van der Waals surface area contributed by atoms with Crippen LogP contribution in [0.5, 0.6) is 0 Å². The minimum absolute atomic E-state index is 0.0786. The van der Waals surface area contributed by atoms with Crippen molar-refractivity contribution in [3.8, 4) is 0 Å². The van der Waals surface area contributed by atoms with Gasteiger partial charge in [-0.2, -0.15) is 0 Å². The summed E-state index contributed by atoms with van der Waals surface area (Å²) in [5.41, 5.74) is 0. The maximum absolute atomic E-state index is 12.3. The van der Waals surface area contributed by atoms with Crippen LogP contribution in [0.1, 0.15) is 251 Å². The summed E-state index contributed by atoms with van der Waals surface area (Å²) in [7, 11) is 0. The number of carbonyl (C=O) groups excluding carboxylic acids is 1. The van der Waals surface area contributed by atoms with Crippen LogP contribution >= 0.6 is 0 Å². The zero-order chi connectivity index (χ0) is 38.6. The molecule has 0 radical (unpaired) electrons. The van der Waals surface area contributed by atoms with E-state index in [-0.39, 0.29) is 12.5 Å². The Labute approximate surface area is 331 Å². The Morgan fingerprint density at radius 3 is 1.09 bits per heavy atom. The van der Waals surface area contributed by atoms with E-state index in [0.29, 0.717) is 6.42 Å². The predicted molar refractivity (Wildman–Crippen MR) is 235 cm³/mol. The average Bonchev–Trinajstić information content (AvgIpc) is 3.16. The smallest absolute Gasteiger partial charge is 0.220 e. The van der Waals surface area contributed by atoms with E-state index in [1.165, 1.54) is 193 Å². The summed E-state index contributed by atoms with van der Waals surface area (Å²) in [5, 5.41) is 22.9. The summed E-state index contributed by atoms with van der Waals surface area (Å²) < 4.78 is 0. The molecule has 4 nitrogen and oxygen atoms in total. The predicted octanol–water partition coefficient (Wildman–Crippen LogP) is 15.0. The maximum Gasteiger partial charge on any atom is 0.220 e. The molecule has 0 heterocycles. The molecule has 2 atom stereocenters. The third-order valence-corrected chi connectivity index (χ3v) is 10.9. The van der Waals surface area contributed by atoms with Crippen LogP contribution in [0.2, 0.25) is 0 Å². The molecule has 0 saturated heterocycles. The highest BCUT2D eigenvalue weighted by atomic mass is 16.3. The molecule has 3 N–H and O–H groups in total. The SMILES string of the molecule is CCCCCCCCCCCCCCCCCCCCCC/C=C/CC/C=C/CC/C=C/C(O)C(CO)NC(=O)CCCCCCCCCCCCC. The Hall–Kier alpha value is -1.39. The van der Waals surface area contributed by atoms with Crippen molar-refractivity contribution < 1.29 is 15.0 Å². The lowest BCUT2D eigenvalue weighted by molar-refractivity contribution is -0.123. The number of unbranched alkanes of at least 4 members (excludes halogenated alkanes) is 32. The highest BCUT2D eigenvalue weighted by molar-refractivity contribution is 5.76. The summed E-state index contributed by atoms with van der Waals surface area (Å²) in [6.07, 6.45) is 60.0. The van der Waals surface area contributed by atoms with E-state index in [9.17, 15) is 15.0 Å². The molecule has 0 bridgehead atoms. The fourth-order valence-corrected chi connectivity index (χ4v) is 7.21. The lowest BCUT2D eigenvalue weighted by Gasteiger charge is -2.19. The van der Waals surface area contributed by atoms with Crippen molar-refractivity contribution in [2.45, 2.75) is 264 Å². The molecule has 0 saturated carbocycles. The van der Waals surface area contributed by atoms with Crippen LogP contribution in [0.25, 0.3) is 0 Å². The van der Waals surface area contributed by atoms with Gasteiger partial charge in [0.15, 0.2) is 0 Å². The van der Waals surface area contributed by atoms with Gasteiger partial charge in [-0.3, -0.25) is 4.79 Å². The van der Waals surface area contributed by atoms with Crippen molar-refractivity contribution in [2.75, 3.05) is 6.61 Å². The van der Waals surface area contributed by atoms with Gasteiger partial charge in [-0.25, -0.2) is 0 Å². The lowest BCUT2D eigenvalue weighted by atomic mass is 10.0. The van der Waals surface area contributed by atoms with E-state index in [1.807, 2.05) is 6.08 Å². The monoisotopic (exact) mass is 744 g/mol. The molecule has 0 aromatic rings. The number of aliphatic hydroxyl groups is 2. The third-order valence-electron chi connectivity index (χ3n) is 10.9. The lowest BCUT2D eigenvalue weighted by Crippen LogP contribution is -2.45. The van der Waals surface area contributed by atoms with E-state index in [0.717, 1.165) is 38.5 Å². The molecule has 0 aromatic carbocycles. The highest BCUT2D eigenvalue weighted by Gasteiger charge is 2.17. The van der Waals surface area contributed by atoms with Gasteiger partial charge in [-0.05, 0) is 44.9 Å². The number of amides is 1. The molecule has 0 aliphatic carbocycles. The number of aliphatic hydroxyl groups excluding tert-OH is 2. The Balaban J connectivity index is 3.54. The first-order valence-corrected chi connectivity index (χ1v) is 23.7. The zero-order valence-corrected chi connectivity index (χ0v) is 35.8. The molecule has 0 rings (SSSR count). The second-order valence-corrected chi connectivity index (χ2v) is 16.2. The number of hydrogen-bond acceptors (Lipinski definition) is 3. The van der Waals surface area contributed by atoms with Crippen LogP contribution in [0, 0.1) is 0 Å². The van der Waals surface area contributed by atoms with Gasteiger partial charge < -0.3 is 15.5 Å². The molecule has 0 aliphatic rings. The quantitative estimate of drug-likeness (QED) is 0.0430. The third kappa shape index (κ3) is 41.6. The van der Waals surface area contributed by atoms with Gasteiger partial charge in [0.05, 0.1) is 18.8 Å². The first-order chi connectivity index (χ1) is 26.2. The standard InChI is InChI=1S/C49H93NO3/c1-3-5-7-9-11-13-15-16-17-18-19-20-21-22-23-24-25-26-27-28-29-30-31-32-33-35-36-38-40-42-44-48(52)47(46-51)50-49(53)45-43-41-39-37-34-14-12-10-8-6-4-2/h30-31,35-36,42,44,47-48,51-52H,3-29,32-34,37-41,43,45-46H2,1-2H3,(H,50,53)/b31-30+,36-35+,44-42+. The molecule has 4 heteroatoms. The number of carbonyl (C=O) groups is 1. The van der Waals surface area contributed by atoms with Gasteiger partial charge >= 0.3 is 0 Å². The van der Waals surface area contributed by atoms with E-state index in [2.05, 4.69) is 43.5 Å². The molecule has 2 unspecified atom stereocenters. The average molecular weight is 744 g/mol. The topological polar surface area (TPSA) is 69.6 Å². The van der Waals surface area contributed by atoms with Gasteiger partial charge in [0.25, 0.3) is 0 Å². The summed E-state index contributed by atoms with van der Waals surface area (Å²) in [6, 6.07) is -0.641. The number of hydrogen-bond donors (Lipinski definition) is 3. The van der Waals surface area contributed by atoms with Crippen LogP contribution in [-0.4, -0.2) is 34.9 Å². The number of rotatable bonds is 43. The van der Waals surface area contributed by atoms with Crippen LogP contribution < -0.4 is 5.32 Å². The minimum Gasteiger partial charge on any atom is -0.394 e. The van der Waals surface area contributed by atoms with Gasteiger partial charge in [-0.15, -0.1) is 0 Å². The second-order valence-electron chi connectivity index (χ2n) is 16.2. The molecule has 0 aromatic heterocycles. The summed E-state index contributed by atoms with van der Waals surface area (Å²) >= 11 is 0. The van der Waals surface area contributed by atoms with Crippen molar-refractivity contribution >= 4 is 5.91 Å². The van der Waals surface area contributed by atoms with Crippen LogP contribution in [0.15, 0.2) is 36.5 Å². The van der Waals surface area contributed by atoms with Gasteiger partial charge in [0.2, 0.25) is 5.91 Å². The highest BCUT2D eigenvalue weighted by Crippen LogP contribution is 2.16. The van der Waals surface area contributed by atoms with E-state index in [4.69, 9.17) is 0 Å². The maximum atomic E-state index is 12.3. The van der Waals surface area contributed by atoms with Crippen molar-refractivity contribution in [3.05, 3.63) is 36.5 Å². The van der Waals surface area contributed by atoms with Gasteiger partial charge in [0, 0.05) is 6.42 Å². The molecule has 1 amide bonds. The van der Waals surface area contributed by atoms with Crippen LogP contribution in [-0.2, 0) is 4.79 Å². The molecular formula is C49H93NO3. The first-order valence-electron chi connectivity index (χ1n) is 23.7. The Kier molecular flexibility index (Phi) is 43.8. The van der Waals surface area contributed by atoms with Gasteiger partial charge in [-0.1, -0.05) is 237 Å². The number of allylic oxidation sites excluding steroid dienone is 5. The Morgan fingerprint density at radius 2 is 0.736 bits per heavy atom. The summed E-state index contributed by atoms with van der Waals surface area (Å²) in [5.74, 6) is -0.0786. The molecule has 312 valence electrons. The molecule has 0 aliphatic heterocycles. The van der Waals surface area contributed by atoms with Crippen LogP contribution in [0.3, 0.4) is 0 Å². The fourth-order valence-electron chi connectivity index (χ4n) is 7.21. The second kappa shape index (κ2) is 45.0.